The van der Waals surface area contributed by atoms with E-state index in [4.69, 9.17) is 9.47 Å². The molecule has 0 amide bonds. The van der Waals surface area contributed by atoms with Gasteiger partial charge in [-0.1, -0.05) is 6.07 Å². The van der Waals surface area contributed by atoms with Gasteiger partial charge >= 0.3 is 6.18 Å². The smallest absolute Gasteiger partial charge is 0.419 e. The Labute approximate surface area is 117 Å². The number of aliphatic hydroxyl groups excluding tert-OH is 1. The Bertz CT molecular complexity index is 654. The Kier molecular flexibility index (Phi) is 3.25. The van der Waals surface area contributed by atoms with Gasteiger partial charge in [0, 0.05) is 6.20 Å². The molecule has 1 aromatic carbocycles. The lowest BCUT2D eigenvalue weighted by molar-refractivity contribution is -0.137. The van der Waals surface area contributed by atoms with Crippen LogP contribution in [0.5, 0.6) is 11.5 Å². The number of ether oxygens (including phenoxy) is 2. The summed E-state index contributed by atoms with van der Waals surface area (Å²) in [5.41, 5.74) is -0.330. The second-order valence-electron chi connectivity index (χ2n) is 4.58. The minimum absolute atomic E-state index is 0.0876. The molecule has 112 valence electrons. The maximum atomic E-state index is 12.5. The summed E-state index contributed by atoms with van der Waals surface area (Å²) >= 11 is 0. The molecule has 1 aromatic heterocycles. The summed E-state index contributed by atoms with van der Waals surface area (Å²) in [6, 6.07) is 4.87. The van der Waals surface area contributed by atoms with Crippen molar-refractivity contribution in [1.29, 1.82) is 0 Å². The second kappa shape index (κ2) is 4.96. The predicted molar refractivity (Wildman–Crippen MR) is 64.8 cm³/mol. The SMILES string of the molecule is OC(Cn1cc(C(F)(F)F)cn1)c1ccc2c(c1)OCO2. The van der Waals surface area contributed by atoms with Crippen molar-refractivity contribution in [3.63, 3.8) is 0 Å². The van der Waals surface area contributed by atoms with Gasteiger partial charge in [0.15, 0.2) is 11.5 Å². The van der Waals surface area contributed by atoms with Gasteiger partial charge < -0.3 is 14.6 Å². The number of fused-ring (bicyclic) bond motifs is 1. The van der Waals surface area contributed by atoms with Crippen LogP contribution in [0.2, 0.25) is 0 Å². The summed E-state index contributed by atoms with van der Waals surface area (Å²) in [7, 11) is 0. The first-order valence-corrected chi connectivity index (χ1v) is 6.11. The lowest BCUT2D eigenvalue weighted by atomic mass is 10.1. The quantitative estimate of drug-likeness (QED) is 0.945. The highest BCUT2D eigenvalue weighted by Gasteiger charge is 2.32. The van der Waals surface area contributed by atoms with Crippen molar-refractivity contribution in [2.24, 2.45) is 0 Å². The van der Waals surface area contributed by atoms with Gasteiger partial charge in [-0.2, -0.15) is 18.3 Å². The van der Waals surface area contributed by atoms with Crippen LogP contribution in [-0.2, 0) is 12.7 Å². The van der Waals surface area contributed by atoms with E-state index in [9.17, 15) is 18.3 Å². The van der Waals surface area contributed by atoms with E-state index < -0.39 is 17.8 Å². The fraction of sp³-hybridized carbons (Fsp3) is 0.308. The number of rotatable bonds is 3. The molecular weight excluding hydrogens is 289 g/mol. The zero-order valence-electron chi connectivity index (χ0n) is 10.7. The molecule has 1 atom stereocenters. The van der Waals surface area contributed by atoms with Crippen LogP contribution in [0.15, 0.2) is 30.6 Å². The largest absolute Gasteiger partial charge is 0.454 e. The van der Waals surface area contributed by atoms with Crippen molar-refractivity contribution in [3.05, 3.63) is 41.7 Å². The number of halogens is 3. The van der Waals surface area contributed by atoms with E-state index in [0.29, 0.717) is 17.1 Å². The molecule has 0 fully saturated rings. The topological polar surface area (TPSA) is 56.5 Å². The van der Waals surface area contributed by atoms with Crippen molar-refractivity contribution >= 4 is 0 Å². The van der Waals surface area contributed by atoms with Crippen molar-refractivity contribution in [2.75, 3.05) is 6.79 Å². The van der Waals surface area contributed by atoms with E-state index in [1.807, 2.05) is 0 Å². The monoisotopic (exact) mass is 300 g/mol. The van der Waals surface area contributed by atoms with Crippen LogP contribution in [0.25, 0.3) is 0 Å². The van der Waals surface area contributed by atoms with Crippen LogP contribution in [0.4, 0.5) is 13.2 Å². The standard InChI is InChI=1S/C13H11F3N2O3/c14-13(15,16)9-4-17-18(5-9)6-10(19)8-1-2-11-12(3-8)21-7-20-11/h1-5,10,19H,6-7H2. The molecule has 0 bridgehead atoms. The van der Waals surface area contributed by atoms with Gasteiger partial charge in [-0.05, 0) is 17.7 Å². The molecule has 0 aliphatic carbocycles. The van der Waals surface area contributed by atoms with E-state index in [0.717, 1.165) is 17.1 Å². The molecule has 5 nitrogen and oxygen atoms in total. The van der Waals surface area contributed by atoms with Gasteiger partial charge in [-0.25, -0.2) is 0 Å². The Morgan fingerprint density at radius 1 is 1.29 bits per heavy atom. The molecular formula is C13H11F3N2O3. The maximum absolute atomic E-state index is 12.5. The number of nitrogens with zero attached hydrogens (tertiary/aromatic N) is 2. The molecule has 1 N–H and O–H groups in total. The molecule has 0 spiro atoms. The zero-order valence-corrected chi connectivity index (χ0v) is 10.7. The van der Waals surface area contributed by atoms with Gasteiger partial charge in [0.2, 0.25) is 6.79 Å². The minimum atomic E-state index is -4.44. The Morgan fingerprint density at radius 2 is 2.05 bits per heavy atom. The van der Waals surface area contributed by atoms with E-state index in [2.05, 4.69) is 5.10 Å². The molecule has 1 aliphatic rings. The van der Waals surface area contributed by atoms with E-state index >= 15 is 0 Å². The van der Waals surface area contributed by atoms with Gasteiger partial charge in [-0.15, -0.1) is 0 Å². The minimum Gasteiger partial charge on any atom is -0.454 e. The van der Waals surface area contributed by atoms with Crippen LogP contribution in [0, 0.1) is 0 Å². The average Bonchev–Trinajstić information content (AvgIpc) is 3.04. The molecule has 3 rings (SSSR count). The average molecular weight is 300 g/mol. The zero-order chi connectivity index (χ0) is 15.0. The first kappa shape index (κ1) is 13.7. The third kappa shape index (κ3) is 2.80. The third-order valence-corrected chi connectivity index (χ3v) is 3.10. The second-order valence-corrected chi connectivity index (χ2v) is 4.58. The number of aliphatic hydroxyl groups is 1. The summed E-state index contributed by atoms with van der Waals surface area (Å²) in [5, 5.41) is 13.7. The Hall–Kier alpha value is -2.22. The Morgan fingerprint density at radius 3 is 2.76 bits per heavy atom. The summed E-state index contributed by atoms with van der Waals surface area (Å²) < 4.78 is 48.8. The molecule has 2 aromatic rings. The van der Waals surface area contributed by atoms with Crippen LogP contribution in [-0.4, -0.2) is 21.7 Å². The predicted octanol–water partition coefficient (Wildman–Crippen LogP) is 2.36. The first-order chi connectivity index (χ1) is 9.93. The van der Waals surface area contributed by atoms with Crippen molar-refractivity contribution in [2.45, 2.75) is 18.8 Å². The maximum Gasteiger partial charge on any atom is 0.419 e. The molecule has 0 radical (unpaired) electrons. The molecule has 21 heavy (non-hydrogen) atoms. The summed E-state index contributed by atoms with van der Waals surface area (Å²) in [6.07, 6.45) is -3.86. The normalized spacial score (nSPS) is 15.2. The van der Waals surface area contributed by atoms with Gasteiger partial charge in [0.1, 0.15) is 0 Å². The van der Waals surface area contributed by atoms with Crippen molar-refractivity contribution < 1.29 is 27.8 Å². The number of alkyl halides is 3. The fourth-order valence-corrected chi connectivity index (χ4v) is 2.01. The van der Waals surface area contributed by atoms with Gasteiger partial charge in [0.25, 0.3) is 0 Å². The summed E-state index contributed by atoms with van der Waals surface area (Å²) in [5.74, 6) is 1.08. The van der Waals surface area contributed by atoms with Crippen molar-refractivity contribution in [3.8, 4) is 11.5 Å². The number of hydrogen-bond donors (Lipinski definition) is 1. The molecule has 0 saturated heterocycles. The van der Waals surface area contributed by atoms with Crippen LogP contribution < -0.4 is 9.47 Å². The van der Waals surface area contributed by atoms with Crippen LogP contribution in [0.3, 0.4) is 0 Å². The first-order valence-electron chi connectivity index (χ1n) is 6.11. The third-order valence-electron chi connectivity index (χ3n) is 3.10. The number of hydrogen-bond acceptors (Lipinski definition) is 4. The summed E-state index contributed by atoms with van der Waals surface area (Å²) in [4.78, 5) is 0. The van der Waals surface area contributed by atoms with Gasteiger partial charge in [0.05, 0.1) is 24.4 Å². The molecule has 1 aliphatic heterocycles. The summed E-state index contributed by atoms with van der Waals surface area (Å²) in [6.45, 7) is 0.0265. The fourth-order valence-electron chi connectivity index (χ4n) is 2.01. The lowest BCUT2D eigenvalue weighted by Gasteiger charge is -2.11. The highest BCUT2D eigenvalue weighted by molar-refractivity contribution is 5.45. The highest BCUT2D eigenvalue weighted by atomic mass is 19.4. The van der Waals surface area contributed by atoms with Gasteiger partial charge in [-0.3, -0.25) is 4.68 Å². The lowest BCUT2D eigenvalue weighted by Crippen LogP contribution is -2.09. The molecule has 2 heterocycles. The molecule has 1 unspecified atom stereocenters. The number of benzene rings is 1. The van der Waals surface area contributed by atoms with E-state index in [1.54, 1.807) is 18.2 Å². The molecule has 0 saturated carbocycles. The van der Waals surface area contributed by atoms with E-state index in [1.165, 1.54) is 0 Å². The highest BCUT2D eigenvalue weighted by Crippen LogP contribution is 2.34. The van der Waals surface area contributed by atoms with Crippen LogP contribution >= 0.6 is 0 Å². The van der Waals surface area contributed by atoms with Crippen LogP contribution in [0.1, 0.15) is 17.2 Å². The number of aromatic nitrogens is 2. The Balaban J connectivity index is 1.74. The molecule has 8 heteroatoms. The van der Waals surface area contributed by atoms with Crippen molar-refractivity contribution in [1.82, 2.24) is 9.78 Å². The van der Waals surface area contributed by atoms with E-state index in [-0.39, 0.29) is 13.3 Å².